The molecule has 2 aliphatic carbocycles. The molecule has 38 heavy (non-hydrogen) atoms. The number of hydrogen-bond acceptors (Lipinski definition) is 8. The van der Waals surface area contributed by atoms with Gasteiger partial charge in [-0.25, -0.2) is 32.9 Å². The number of esters is 1. The molecule has 0 radical (unpaired) electrons. The Morgan fingerprint density at radius 2 is 1.84 bits per heavy atom. The van der Waals surface area contributed by atoms with Crippen LogP contribution in [0.5, 0.6) is 0 Å². The fourth-order valence-corrected chi connectivity index (χ4v) is 7.39. The average molecular weight is 553 g/mol. The van der Waals surface area contributed by atoms with Crippen LogP contribution in [0.4, 0.5) is 19.1 Å². The number of benzene rings is 1. The first kappa shape index (κ1) is 26.4. The Labute approximate surface area is 216 Å². The third kappa shape index (κ3) is 4.28. The molecular formula is C24H27F3N6O4S. The number of imidazole rings is 1. The maximum Gasteiger partial charge on any atom is 0.490 e. The number of halogens is 3. The summed E-state index contributed by atoms with van der Waals surface area (Å²) in [4.78, 5) is 24.0. The van der Waals surface area contributed by atoms with Crippen LogP contribution in [0, 0.1) is 12.3 Å². The van der Waals surface area contributed by atoms with E-state index in [0.29, 0.717) is 42.7 Å². The van der Waals surface area contributed by atoms with Gasteiger partial charge in [0.25, 0.3) is 0 Å². The SMILES string of the molecule is Cc1ccc(S(=O)(=O)NC23CCC(C(C)(C)OC(=O)C(F)(F)F)(CC2)C3)cc1-c1cn2c(N)ncnc2n1. The molecule has 0 spiro atoms. The van der Waals surface area contributed by atoms with Crippen molar-refractivity contribution in [3.05, 3.63) is 36.3 Å². The van der Waals surface area contributed by atoms with Gasteiger partial charge in [0, 0.05) is 22.7 Å². The molecule has 1 aromatic carbocycles. The van der Waals surface area contributed by atoms with E-state index in [1.54, 1.807) is 12.3 Å². The molecule has 0 atom stereocenters. The highest BCUT2D eigenvalue weighted by Crippen LogP contribution is 2.62. The summed E-state index contributed by atoms with van der Waals surface area (Å²) < 4.78 is 74.9. The predicted octanol–water partition coefficient (Wildman–Crippen LogP) is 3.55. The van der Waals surface area contributed by atoms with Crippen LogP contribution in [-0.2, 0) is 19.6 Å². The largest absolute Gasteiger partial charge is 0.490 e. The van der Waals surface area contributed by atoms with E-state index in [1.807, 2.05) is 6.92 Å². The number of fused-ring (bicyclic) bond motifs is 3. The minimum Gasteiger partial charge on any atom is -0.452 e. The highest BCUT2D eigenvalue weighted by atomic mass is 32.2. The zero-order valence-electron chi connectivity index (χ0n) is 21.0. The summed E-state index contributed by atoms with van der Waals surface area (Å²) in [7, 11) is -4.02. The maximum absolute atomic E-state index is 13.5. The molecule has 2 saturated carbocycles. The standard InChI is InChI=1S/C24H27F3N6O4S/c1-14-4-5-15(10-16(14)17-11-33-19(28)29-13-30-20(33)31-17)38(35,36)32-23-8-6-22(12-23,7-9-23)21(2,3)37-18(34)24(25,26)27/h4-5,10-11,13,32H,6-9,12H2,1-3H3,(H2,28,29,30,31). The number of hydrogen-bond donors (Lipinski definition) is 2. The first-order valence-electron chi connectivity index (χ1n) is 12.0. The van der Waals surface area contributed by atoms with E-state index in [0.717, 1.165) is 5.56 Å². The zero-order chi connectivity index (χ0) is 27.7. The zero-order valence-corrected chi connectivity index (χ0v) is 21.8. The highest BCUT2D eigenvalue weighted by Gasteiger charge is 2.63. The Morgan fingerprint density at radius 1 is 1.16 bits per heavy atom. The highest BCUT2D eigenvalue weighted by molar-refractivity contribution is 7.89. The van der Waals surface area contributed by atoms with Crippen molar-refractivity contribution in [3.8, 4) is 11.3 Å². The van der Waals surface area contributed by atoms with E-state index in [1.165, 1.54) is 36.7 Å². The van der Waals surface area contributed by atoms with Crippen molar-refractivity contribution in [2.24, 2.45) is 5.41 Å². The smallest absolute Gasteiger partial charge is 0.452 e. The molecule has 10 nitrogen and oxygen atoms in total. The van der Waals surface area contributed by atoms with Gasteiger partial charge in [-0.2, -0.15) is 13.2 Å². The topological polar surface area (TPSA) is 142 Å². The third-order valence-electron chi connectivity index (χ3n) is 8.14. The van der Waals surface area contributed by atoms with Crippen LogP contribution in [-0.4, -0.2) is 51.1 Å². The maximum atomic E-state index is 13.5. The molecule has 2 aliphatic rings. The van der Waals surface area contributed by atoms with Crippen LogP contribution in [0.1, 0.15) is 51.5 Å². The lowest BCUT2D eigenvalue weighted by Crippen LogP contribution is -2.47. The van der Waals surface area contributed by atoms with E-state index >= 15 is 0 Å². The molecule has 2 aromatic heterocycles. The number of aryl methyl sites for hydroxylation is 1. The molecule has 2 heterocycles. The Balaban J connectivity index is 1.41. The number of rotatable bonds is 6. The minimum atomic E-state index is -5.11. The van der Waals surface area contributed by atoms with Crippen molar-refractivity contribution in [2.45, 2.75) is 75.1 Å². The van der Waals surface area contributed by atoms with Crippen LogP contribution < -0.4 is 10.5 Å². The fraction of sp³-hybridized carbons (Fsp3) is 0.500. The molecule has 3 aromatic rings. The summed E-state index contributed by atoms with van der Waals surface area (Å²) in [6, 6.07) is 4.69. The lowest BCUT2D eigenvalue weighted by molar-refractivity contribution is -0.221. The number of nitrogens with two attached hydrogens (primary N) is 1. The van der Waals surface area contributed by atoms with Gasteiger partial charge in [-0.1, -0.05) is 6.07 Å². The van der Waals surface area contributed by atoms with Crippen molar-refractivity contribution in [3.63, 3.8) is 0 Å². The summed E-state index contributed by atoms with van der Waals surface area (Å²) in [6.45, 7) is 4.75. The normalized spacial score (nSPS) is 23.7. The summed E-state index contributed by atoms with van der Waals surface area (Å²) >= 11 is 0. The van der Waals surface area contributed by atoms with Crippen LogP contribution >= 0.6 is 0 Å². The Bertz CT molecular complexity index is 1540. The lowest BCUT2D eigenvalue weighted by atomic mass is 9.71. The Morgan fingerprint density at radius 3 is 2.47 bits per heavy atom. The second-order valence-electron chi connectivity index (χ2n) is 10.7. The van der Waals surface area contributed by atoms with Crippen molar-refractivity contribution in [1.82, 2.24) is 24.1 Å². The fourth-order valence-electron chi connectivity index (χ4n) is 5.91. The van der Waals surface area contributed by atoms with E-state index in [-0.39, 0.29) is 17.3 Å². The summed E-state index contributed by atoms with van der Waals surface area (Å²) in [5.74, 6) is -1.74. The minimum absolute atomic E-state index is 0.0238. The number of nitrogens with zero attached hydrogens (tertiary/aromatic N) is 4. The van der Waals surface area contributed by atoms with Gasteiger partial charge in [-0.05, 0) is 70.6 Å². The molecular weight excluding hydrogens is 525 g/mol. The molecule has 0 unspecified atom stereocenters. The molecule has 0 saturated heterocycles. The van der Waals surface area contributed by atoms with Crippen molar-refractivity contribution in [1.29, 1.82) is 0 Å². The van der Waals surface area contributed by atoms with Gasteiger partial charge in [0.15, 0.2) is 0 Å². The number of anilines is 1. The van der Waals surface area contributed by atoms with Gasteiger partial charge in [0.05, 0.1) is 10.6 Å². The van der Waals surface area contributed by atoms with E-state index in [9.17, 15) is 26.4 Å². The Hall–Kier alpha value is -3.26. The van der Waals surface area contributed by atoms with Gasteiger partial charge >= 0.3 is 12.1 Å². The molecule has 2 bridgehead atoms. The van der Waals surface area contributed by atoms with E-state index in [2.05, 4.69) is 19.7 Å². The number of aromatic nitrogens is 4. The third-order valence-corrected chi connectivity index (χ3v) is 9.72. The molecule has 2 fully saturated rings. The molecule has 0 aliphatic heterocycles. The molecule has 14 heteroatoms. The Kier molecular flexibility index (Phi) is 5.80. The van der Waals surface area contributed by atoms with Crippen molar-refractivity contribution in [2.75, 3.05) is 5.73 Å². The summed E-state index contributed by atoms with van der Waals surface area (Å²) in [6.07, 6.45) is -0.237. The predicted molar refractivity (Wildman–Crippen MR) is 130 cm³/mol. The number of carbonyl (C=O) groups excluding carboxylic acids is 1. The van der Waals surface area contributed by atoms with Crippen LogP contribution in [0.3, 0.4) is 0 Å². The van der Waals surface area contributed by atoms with Gasteiger partial charge in [0.2, 0.25) is 21.7 Å². The van der Waals surface area contributed by atoms with Gasteiger partial charge < -0.3 is 10.5 Å². The number of alkyl halides is 3. The lowest BCUT2D eigenvalue weighted by Gasteiger charge is -2.42. The van der Waals surface area contributed by atoms with Crippen molar-refractivity contribution < 1.29 is 31.1 Å². The first-order valence-corrected chi connectivity index (χ1v) is 13.5. The van der Waals surface area contributed by atoms with Gasteiger partial charge in [-0.3, -0.25) is 4.40 Å². The summed E-state index contributed by atoms with van der Waals surface area (Å²) in [5, 5.41) is 0. The van der Waals surface area contributed by atoms with Crippen LogP contribution in [0.25, 0.3) is 17.0 Å². The molecule has 5 rings (SSSR count). The van der Waals surface area contributed by atoms with Gasteiger partial charge in [0.1, 0.15) is 11.9 Å². The number of nitrogens with one attached hydrogen (secondary N) is 1. The molecule has 3 N–H and O–H groups in total. The molecule has 204 valence electrons. The van der Waals surface area contributed by atoms with Crippen LogP contribution in [0.2, 0.25) is 0 Å². The second-order valence-corrected chi connectivity index (χ2v) is 12.4. The second kappa shape index (κ2) is 8.37. The monoisotopic (exact) mass is 552 g/mol. The van der Waals surface area contributed by atoms with Gasteiger partial charge in [-0.15, -0.1) is 0 Å². The number of carbonyl (C=O) groups is 1. The number of ether oxygens (including phenoxy) is 1. The number of sulfonamides is 1. The summed E-state index contributed by atoms with van der Waals surface area (Å²) in [5.41, 5.74) is 4.67. The van der Waals surface area contributed by atoms with Crippen molar-refractivity contribution >= 4 is 27.7 Å². The number of nitrogen functional groups attached to an aromatic ring is 1. The van der Waals surface area contributed by atoms with E-state index in [4.69, 9.17) is 10.5 Å². The average Bonchev–Trinajstić information content (AvgIpc) is 3.51. The quantitative estimate of drug-likeness (QED) is 0.442. The molecule has 0 amide bonds. The van der Waals surface area contributed by atoms with Crippen LogP contribution in [0.15, 0.2) is 35.6 Å². The van der Waals surface area contributed by atoms with E-state index < -0.39 is 38.7 Å². The first-order chi connectivity index (χ1) is 17.6.